The average molecular weight is 207 g/mol. The lowest BCUT2D eigenvalue weighted by atomic mass is 10.0. The zero-order valence-corrected chi connectivity index (χ0v) is 9.50. The second-order valence-corrected chi connectivity index (χ2v) is 4.14. The third-order valence-electron chi connectivity index (χ3n) is 3.10. The molecule has 2 rings (SSSR count). The maximum absolute atomic E-state index is 11.6. The summed E-state index contributed by atoms with van der Waals surface area (Å²) in [5.74, 6) is 0.886. The van der Waals surface area contributed by atoms with Crippen LogP contribution in [0.3, 0.4) is 0 Å². The Bertz CT molecular complexity index is 395. The predicted octanol–water partition coefficient (Wildman–Crippen LogP) is 1.45. The molecule has 1 amide bonds. The number of rotatable bonds is 1. The van der Waals surface area contributed by atoms with Gasteiger partial charge in [0.2, 0.25) is 0 Å². The van der Waals surface area contributed by atoms with Crippen LogP contribution in [-0.4, -0.2) is 22.5 Å². The summed E-state index contributed by atoms with van der Waals surface area (Å²) in [4.78, 5) is 16.0. The van der Waals surface area contributed by atoms with E-state index in [0.29, 0.717) is 11.7 Å². The van der Waals surface area contributed by atoms with Crippen molar-refractivity contribution in [3.63, 3.8) is 0 Å². The van der Waals surface area contributed by atoms with Crippen molar-refractivity contribution in [1.82, 2.24) is 14.9 Å². The standard InChI is InChI=1S/C11H17N3O/c1-7-5-4-6-9-10(11(15)12-3)13-8(2)14(7)9/h7H,4-6H2,1-3H3,(H,12,15). The molecular formula is C11H17N3O. The third-order valence-corrected chi connectivity index (χ3v) is 3.10. The predicted molar refractivity (Wildman–Crippen MR) is 58.0 cm³/mol. The Hall–Kier alpha value is -1.32. The van der Waals surface area contributed by atoms with E-state index in [9.17, 15) is 4.79 Å². The van der Waals surface area contributed by atoms with E-state index < -0.39 is 0 Å². The van der Waals surface area contributed by atoms with Crippen LogP contribution < -0.4 is 5.32 Å². The number of fused-ring (bicyclic) bond motifs is 1. The van der Waals surface area contributed by atoms with Crippen LogP contribution in [0.15, 0.2) is 0 Å². The summed E-state index contributed by atoms with van der Waals surface area (Å²) in [7, 11) is 1.65. The first kappa shape index (κ1) is 10.2. The normalized spacial score (nSPS) is 19.8. The van der Waals surface area contributed by atoms with Gasteiger partial charge < -0.3 is 9.88 Å². The number of carbonyl (C=O) groups excluding carboxylic acids is 1. The van der Waals surface area contributed by atoms with Gasteiger partial charge in [0.05, 0.1) is 5.69 Å². The number of amides is 1. The topological polar surface area (TPSA) is 46.9 Å². The zero-order chi connectivity index (χ0) is 11.0. The molecule has 1 aromatic heterocycles. The molecule has 4 heteroatoms. The van der Waals surface area contributed by atoms with E-state index in [1.54, 1.807) is 7.05 Å². The smallest absolute Gasteiger partial charge is 0.271 e. The number of hydrogen-bond donors (Lipinski definition) is 1. The van der Waals surface area contributed by atoms with Crippen molar-refractivity contribution in [2.45, 2.75) is 39.2 Å². The highest BCUT2D eigenvalue weighted by molar-refractivity contribution is 5.93. The molecule has 0 radical (unpaired) electrons. The molecule has 1 aromatic rings. The molecule has 1 atom stereocenters. The lowest BCUT2D eigenvalue weighted by molar-refractivity contribution is 0.0957. The van der Waals surface area contributed by atoms with Gasteiger partial charge in [0.1, 0.15) is 11.5 Å². The highest BCUT2D eigenvalue weighted by atomic mass is 16.1. The Morgan fingerprint density at radius 1 is 1.60 bits per heavy atom. The summed E-state index contributed by atoms with van der Waals surface area (Å²) in [6, 6.07) is 0.472. The van der Waals surface area contributed by atoms with Crippen LogP contribution in [-0.2, 0) is 6.42 Å². The summed E-state index contributed by atoms with van der Waals surface area (Å²) < 4.78 is 2.20. The van der Waals surface area contributed by atoms with Crippen molar-refractivity contribution in [1.29, 1.82) is 0 Å². The fourth-order valence-electron chi connectivity index (χ4n) is 2.41. The molecule has 1 unspecified atom stereocenters. The highest BCUT2D eigenvalue weighted by Gasteiger charge is 2.25. The van der Waals surface area contributed by atoms with Crippen molar-refractivity contribution in [2.24, 2.45) is 0 Å². The molecule has 1 aliphatic heterocycles. The summed E-state index contributed by atoms with van der Waals surface area (Å²) in [5, 5.41) is 2.64. The molecule has 0 aromatic carbocycles. The number of aromatic nitrogens is 2. The molecule has 82 valence electrons. The number of nitrogens with one attached hydrogen (secondary N) is 1. The van der Waals surface area contributed by atoms with Gasteiger partial charge in [-0.25, -0.2) is 4.98 Å². The molecular weight excluding hydrogens is 190 g/mol. The lowest BCUT2D eigenvalue weighted by Gasteiger charge is -2.23. The molecule has 15 heavy (non-hydrogen) atoms. The van der Waals surface area contributed by atoms with E-state index in [4.69, 9.17) is 0 Å². The minimum Gasteiger partial charge on any atom is -0.354 e. The number of aryl methyl sites for hydroxylation is 1. The van der Waals surface area contributed by atoms with Crippen LogP contribution in [0.25, 0.3) is 0 Å². The number of carbonyl (C=O) groups is 1. The first-order chi connectivity index (χ1) is 7.15. The van der Waals surface area contributed by atoms with E-state index in [1.165, 1.54) is 6.42 Å². The minimum atomic E-state index is -0.0686. The van der Waals surface area contributed by atoms with Gasteiger partial charge >= 0.3 is 0 Å². The maximum atomic E-state index is 11.6. The van der Waals surface area contributed by atoms with E-state index in [1.807, 2.05) is 6.92 Å². The van der Waals surface area contributed by atoms with Crippen molar-refractivity contribution in [3.05, 3.63) is 17.2 Å². The van der Waals surface area contributed by atoms with Gasteiger partial charge in [-0.15, -0.1) is 0 Å². The van der Waals surface area contributed by atoms with Crippen molar-refractivity contribution in [2.75, 3.05) is 7.05 Å². The minimum absolute atomic E-state index is 0.0686. The average Bonchev–Trinajstić information content (AvgIpc) is 2.56. The van der Waals surface area contributed by atoms with E-state index in [0.717, 1.165) is 24.4 Å². The Morgan fingerprint density at radius 3 is 3.00 bits per heavy atom. The van der Waals surface area contributed by atoms with E-state index >= 15 is 0 Å². The largest absolute Gasteiger partial charge is 0.354 e. The Kier molecular flexibility index (Phi) is 2.50. The van der Waals surface area contributed by atoms with Gasteiger partial charge in [-0.3, -0.25) is 4.79 Å². The summed E-state index contributed by atoms with van der Waals surface area (Å²) >= 11 is 0. The molecule has 1 N–H and O–H groups in total. The molecule has 1 aliphatic rings. The quantitative estimate of drug-likeness (QED) is 0.757. The molecule has 0 aliphatic carbocycles. The summed E-state index contributed by atoms with van der Waals surface area (Å²) in [6.07, 6.45) is 3.29. The first-order valence-electron chi connectivity index (χ1n) is 5.45. The van der Waals surface area contributed by atoms with Gasteiger partial charge in [-0.1, -0.05) is 0 Å². The van der Waals surface area contributed by atoms with Gasteiger partial charge in [0.15, 0.2) is 0 Å². The van der Waals surface area contributed by atoms with E-state index in [2.05, 4.69) is 21.8 Å². The molecule has 0 fully saturated rings. The van der Waals surface area contributed by atoms with Gasteiger partial charge in [0, 0.05) is 13.1 Å². The number of hydrogen-bond acceptors (Lipinski definition) is 2. The fourth-order valence-corrected chi connectivity index (χ4v) is 2.41. The molecule has 0 saturated heterocycles. The lowest BCUT2D eigenvalue weighted by Crippen LogP contribution is -2.22. The van der Waals surface area contributed by atoms with Crippen LogP contribution >= 0.6 is 0 Å². The van der Waals surface area contributed by atoms with Crippen molar-refractivity contribution >= 4 is 5.91 Å². The van der Waals surface area contributed by atoms with Crippen LogP contribution in [0.5, 0.6) is 0 Å². The van der Waals surface area contributed by atoms with Crippen molar-refractivity contribution in [3.8, 4) is 0 Å². The second kappa shape index (κ2) is 3.68. The number of imidazole rings is 1. The Labute approximate surface area is 89.7 Å². The van der Waals surface area contributed by atoms with E-state index in [-0.39, 0.29) is 5.91 Å². The van der Waals surface area contributed by atoms with Gasteiger partial charge in [-0.2, -0.15) is 0 Å². The van der Waals surface area contributed by atoms with Crippen LogP contribution in [0.4, 0.5) is 0 Å². The van der Waals surface area contributed by atoms with Gasteiger partial charge in [-0.05, 0) is 33.1 Å². The molecule has 4 nitrogen and oxygen atoms in total. The van der Waals surface area contributed by atoms with Crippen LogP contribution in [0.2, 0.25) is 0 Å². The maximum Gasteiger partial charge on any atom is 0.271 e. The molecule has 2 heterocycles. The third kappa shape index (κ3) is 1.54. The van der Waals surface area contributed by atoms with Crippen LogP contribution in [0, 0.1) is 6.92 Å². The SMILES string of the molecule is CNC(=O)c1nc(C)n2c1CCCC2C. The molecule has 0 saturated carbocycles. The Morgan fingerprint density at radius 2 is 2.33 bits per heavy atom. The fraction of sp³-hybridized carbons (Fsp3) is 0.636. The van der Waals surface area contributed by atoms with Crippen molar-refractivity contribution < 1.29 is 4.79 Å². The summed E-state index contributed by atoms with van der Waals surface area (Å²) in [5.41, 5.74) is 1.71. The monoisotopic (exact) mass is 207 g/mol. The Balaban J connectivity index is 2.51. The van der Waals surface area contributed by atoms with Crippen LogP contribution in [0.1, 0.15) is 47.8 Å². The van der Waals surface area contributed by atoms with Gasteiger partial charge in [0.25, 0.3) is 5.91 Å². The molecule has 0 spiro atoms. The summed E-state index contributed by atoms with van der Waals surface area (Å²) in [6.45, 7) is 4.16. The zero-order valence-electron chi connectivity index (χ0n) is 9.50. The molecule has 0 bridgehead atoms. The second-order valence-electron chi connectivity index (χ2n) is 4.14. The highest BCUT2D eigenvalue weighted by Crippen LogP contribution is 2.28. The first-order valence-corrected chi connectivity index (χ1v) is 5.45. The number of nitrogens with zero attached hydrogens (tertiary/aromatic N) is 2.